The molecule has 0 fully saturated rings. The standard InChI is InChI=1S/C52H33NO2/c1-2-11-38-32-39(25-24-34(38)10-1)37-22-20-35(21-23-37)36-26-28-40(29-27-36)53(41-30-31-50-46(33-41)43-13-4-7-17-48(43)54-50)47-16-6-3-12-42(47)44-15-9-19-51-52(44)45-14-5-8-18-49(45)55-51/h1-33H. The molecule has 0 N–H and O–H groups in total. The highest BCUT2D eigenvalue weighted by molar-refractivity contribution is 6.14. The summed E-state index contributed by atoms with van der Waals surface area (Å²) in [5, 5.41) is 6.91. The summed E-state index contributed by atoms with van der Waals surface area (Å²) in [6, 6.07) is 71.1. The van der Waals surface area contributed by atoms with Gasteiger partial charge < -0.3 is 13.7 Å². The zero-order valence-corrected chi connectivity index (χ0v) is 29.8. The molecule has 11 rings (SSSR count). The number of anilines is 3. The molecule has 2 heterocycles. The predicted molar refractivity (Wildman–Crippen MR) is 229 cm³/mol. The molecule has 0 amide bonds. The Morgan fingerprint density at radius 1 is 0.309 bits per heavy atom. The minimum Gasteiger partial charge on any atom is -0.456 e. The smallest absolute Gasteiger partial charge is 0.136 e. The third-order valence-electron chi connectivity index (χ3n) is 10.9. The van der Waals surface area contributed by atoms with Crippen molar-refractivity contribution in [3.05, 3.63) is 200 Å². The lowest BCUT2D eigenvalue weighted by Gasteiger charge is -2.28. The van der Waals surface area contributed by atoms with Gasteiger partial charge >= 0.3 is 0 Å². The number of para-hydroxylation sites is 3. The topological polar surface area (TPSA) is 29.5 Å². The van der Waals surface area contributed by atoms with E-state index in [1.54, 1.807) is 0 Å². The third kappa shape index (κ3) is 5.28. The maximum Gasteiger partial charge on any atom is 0.136 e. The van der Waals surface area contributed by atoms with E-state index in [4.69, 9.17) is 8.83 Å². The number of furan rings is 2. The van der Waals surface area contributed by atoms with E-state index in [1.807, 2.05) is 24.3 Å². The Kier molecular flexibility index (Phi) is 7.17. The van der Waals surface area contributed by atoms with Crippen LogP contribution < -0.4 is 4.90 Å². The van der Waals surface area contributed by atoms with Crippen molar-refractivity contribution in [1.82, 2.24) is 0 Å². The van der Waals surface area contributed by atoms with Crippen molar-refractivity contribution in [3.63, 3.8) is 0 Å². The summed E-state index contributed by atoms with van der Waals surface area (Å²) >= 11 is 0. The van der Waals surface area contributed by atoms with E-state index in [-0.39, 0.29) is 0 Å². The van der Waals surface area contributed by atoms with Crippen molar-refractivity contribution in [2.24, 2.45) is 0 Å². The summed E-state index contributed by atoms with van der Waals surface area (Å²) in [7, 11) is 0. The zero-order valence-electron chi connectivity index (χ0n) is 29.8. The van der Waals surface area contributed by atoms with Gasteiger partial charge in [0, 0.05) is 38.5 Å². The van der Waals surface area contributed by atoms with Crippen LogP contribution in [-0.4, -0.2) is 0 Å². The fraction of sp³-hybridized carbons (Fsp3) is 0. The molecule has 0 aliphatic heterocycles. The molecule has 0 radical (unpaired) electrons. The van der Waals surface area contributed by atoms with Crippen LogP contribution in [0.4, 0.5) is 17.1 Å². The fourth-order valence-corrected chi connectivity index (χ4v) is 8.20. The summed E-state index contributed by atoms with van der Waals surface area (Å²) in [6.45, 7) is 0. The first-order valence-corrected chi connectivity index (χ1v) is 18.7. The molecule has 3 heteroatoms. The molecule has 0 bridgehead atoms. The number of benzene rings is 9. The van der Waals surface area contributed by atoms with E-state index in [0.717, 1.165) is 77.6 Å². The SMILES string of the molecule is c1ccc(N(c2ccc(-c3ccc(-c4ccc5ccccc5c4)cc3)cc2)c2ccc3oc4ccccc4c3c2)c(-c2cccc3oc4ccccc4c23)c1. The van der Waals surface area contributed by atoms with Crippen molar-refractivity contribution in [2.45, 2.75) is 0 Å². The van der Waals surface area contributed by atoms with Crippen molar-refractivity contribution < 1.29 is 8.83 Å². The van der Waals surface area contributed by atoms with Crippen molar-refractivity contribution in [3.8, 4) is 33.4 Å². The first kappa shape index (κ1) is 31.2. The molecule has 0 atom stereocenters. The Morgan fingerprint density at radius 2 is 0.855 bits per heavy atom. The lowest BCUT2D eigenvalue weighted by molar-refractivity contribution is 0.668. The fourth-order valence-electron chi connectivity index (χ4n) is 8.20. The molecular weight excluding hydrogens is 671 g/mol. The Morgan fingerprint density at radius 3 is 1.67 bits per heavy atom. The van der Waals surface area contributed by atoms with E-state index in [1.165, 1.54) is 27.5 Å². The molecule has 2 aromatic heterocycles. The van der Waals surface area contributed by atoms with Gasteiger partial charge in [0.15, 0.2) is 0 Å². The maximum absolute atomic E-state index is 6.35. The van der Waals surface area contributed by atoms with Gasteiger partial charge in [-0.3, -0.25) is 0 Å². The Balaban J connectivity index is 1.04. The molecule has 55 heavy (non-hydrogen) atoms. The van der Waals surface area contributed by atoms with Gasteiger partial charge in [0.2, 0.25) is 0 Å². The van der Waals surface area contributed by atoms with Crippen LogP contribution in [0.3, 0.4) is 0 Å². The quantitative estimate of drug-likeness (QED) is 0.173. The van der Waals surface area contributed by atoms with Gasteiger partial charge in [-0.1, -0.05) is 140 Å². The van der Waals surface area contributed by atoms with Crippen LogP contribution in [0.25, 0.3) is 88.0 Å². The van der Waals surface area contributed by atoms with E-state index >= 15 is 0 Å². The lowest BCUT2D eigenvalue weighted by Crippen LogP contribution is -2.11. The Hall–Kier alpha value is -7.36. The van der Waals surface area contributed by atoms with Crippen molar-refractivity contribution >= 4 is 71.7 Å². The monoisotopic (exact) mass is 703 g/mol. The van der Waals surface area contributed by atoms with E-state index < -0.39 is 0 Å². The minimum absolute atomic E-state index is 0.871. The highest BCUT2D eigenvalue weighted by Crippen LogP contribution is 2.46. The molecule has 3 nitrogen and oxygen atoms in total. The van der Waals surface area contributed by atoms with Crippen molar-refractivity contribution in [2.75, 3.05) is 4.90 Å². The first-order valence-electron chi connectivity index (χ1n) is 18.7. The van der Waals surface area contributed by atoms with Gasteiger partial charge in [0.05, 0.1) is 5.69 Å². The van der Waals surface area contributed by atoms with Crippen LogP contribution in [0.5, 0.6) is 0 Å². The highest BCUT2D eigenvalue weighted by Gasteiger charge is 2.21. The normalized spacial score (nSPS) is 11.6. The first-order chi connectivity index (χ1) is 27.2. The molecule has 0 spiro atoms. The number of fused-ring (bicyclic) bond motifs is 7. The second kappa shape index (κ2) is 12.6. The summed E-state index contributed by atoms with van der Waals surface area (Å²) in [6.07, 6.45) is 0. The van der Waals surface area contributed by atoms with E-state index in [0.29, 0.717) is 0 Å². The van der Waals surface area contributed by atoms with E-state index in [2.05, 4.69) is 181 Å². The number of rotatable bonds is 6. The predicted octanol–water partition coefficient (Wildman–Crippen LogP) is 15.1. The van der Waals surface area contributed by atoms with Gasteiger partial charge in [-0.15, -0.1) is 0 Å². The Bertz CT molecular complexity index is 3200. The van der Waals surface area contributed by atoms with Crippen molar-refractivity contribution in [1.29, 1.82) is 0 Å². The molecule has 11 aromatic rings. The third-order valence-corrected chi connectivity index (χ3v) is 10.9. The van der Waals surface area contributed by atoms with Crippen LogP contribution in [0.1, 0.15) is 0 Å². The summed E-state index contributed by atoms with van der Waals surface area (Å²) < 4.78 is 12.6. The molecule has 0 aliphatic rings. The van der Waals surface area contributed by atoms with Gasteiger partial charge in [-0.25, -0.2) is 0 Å². The van der Waals surface area contributed by atoms with Crippen LogP contribution >= 0.6 is 0 Å². The second-order valence-electron chi connectivity index (χ2n) is 14.1. The molecule has 0 unspecified atom stereocenters. The minimum atomic E-state index is 0.871. The average Bonchev–Trinajstić information content (AvgIpc) is 3.83. The lowest BCUT2D eigenvalue weighted by atomic mass is 9.96. The van der Waals surface area contributed by atoms with Gasteiger partial charge in [0.25, 0.3) is 0 Å². The van der Waals surface area contributed by atoms with E-state index in [9.17, 15) is 0 Å². The summed E-state index contributed by atoms with van der Waals surface area (Å²) in [4.78, 5) is 2.37. The number of hydrogen-bond acceptors (Lipinski definition) is 3. The highest BCUT2D eigenvalue weighted by atomic mass is 16.3. The van der Waals surface area contributed by atoms with Gasteiger partial charge in [-0.2, -0.15) is 0 Å². The molecule has 0 saturated carbocycles. The van der Waals surface area contributed by atoms with Gasteiger partial charge in [0.1, 0.15) is 22.3 Å². The summed E-state index contributed by atoms with van der Waals surface area (Å²) in [5.74, 6) is 0. The van der Waals surface area contributed by atoms with Gasteiger partial charge in [-0.05, 0) is 99.3 Å². The Labute approximate surface area is 317 Å². The maximum atomic E-state index is 6.35. The molecule has 0 aliphatic carbocycles. The van der Waals surface area contributed by atoms with Crippen LogP contribution in [0.2, 0.25) is 0 Å². The molecule has 9 aromatic carbocycles. The molecule has 0 saturated heterocycles. The zero-order chi connectivity index (χ0) is 36.3. The number of nitrogens with zero attached hydrogens (tertiary/aromatic N) is 1. The average molecular weight is 704 g/mol. The van der Waals surface area contributed by atoms with Crippen LogP contribution in [0.15, 0.2) is 209 Å². The summed E-state index contributed by atoms with van der Waals surface area (Å²) in [5.41, 5.74) is 13.7. The molecular formula is C52H33NO2. The largest absolute Gasteiger partial charge is 0.456 e. The molecule has 258 valence electrons. The van der Waals surface area contributed by atoms with Crippen LogP contribution in [0, 0.1) is 0 Å². The second-order valence-corrected chi connectivity index (χ2v) is 14.1. The van der Waals surface area contributed by atoms with Crippen LogP contribution in [-0.2, 0) is 0 Å². The number of hydrogen-bond donors (Lipinski definition) is 0.